The van der Waals surface area contributed by atoms with E-state index >= 15 is 0 Å². The third-order valence-corrected chi connectivity index (χ3v) is 19.6. The smallest absolute Gasteiger partial charge is 0.179 e. The van der Waals surface area contributed by atoms with E-state index < -0.39 is 8.07 Å². The molecule has 70 heavy (non-hydrogen) atoms. The molecule has 0 fully saturated rings. The van der Waals surface area contributed by atoms with Crippen LogP contribution in [0.4, 0.5) is 0 Å². The van der Waals surface area contributed by atoms with Crippen molar-refractivity contribution in [3.8, 4) is 28.2 Å². The van der Waals surface area contributed by atoms with Crippen LogP contribution in [0.1, 0.15) is 0 Å². The Morgan fingerprint density at radius 2 is 0.586 bits per heavy atom. The Balaban J connectivity index is 1.01. The van der Waals surface area contributed by atoms with E-state index in [1.807, 2.05) is 0 Å². The van der Waals surface area contributed by atoms with E-state index in [0.29, 0.717) is 0 Å². The number of benzene rings is 11. The minimum absolute atomic E-state index is 1.14. The Morgan fingerprint density at radius 3 is 1.09 bits per heavy atom. The van der Waals surface area contributed by atoms with Crippen molar-refractivity contribution in [2.24, 2.45) is 0 Å². The first-order chi connectivity index (χ1) is 34.8. The third-order valence-electron chi connectivity index (χ3n) is 14.8. The standard InChI is InChI=1S/C66H45N3Si/c1-4-22-47(23-5-1)70(48-24-6-2-7-25-48,49-26-8-3-9-27-49)50-42-40-46(41-43-50)67-58-34-16-14-32-55(58)56-44-45-64-65(66(56)67)57-33-15-21-39-63(57)69(64)62-38-20-13-31-54(62)53-30-12-19-37-61(53)68-59-35-17-10-28-51(59)52-29-11-18-36-60(52)68/h1-45H. The summed E-state index contributed by atoms with van der Waals surface area (Å²) >= 11 is 0. The molecule has 3 aromatic heterocycles. The molecule has 0 N–H and O–H groups in total. The van der Waals surface area contributed by atoms with E-state index in [2.05, 4.69) is 287 Å². The zero-order valence-electron chi connectivity index (χ0n) is 38.3. The molecule has 0 aliphatic rings. The molecule has 0 amide bonds. The zero-order chi connectivity index (χ0) is 46.2. The molecule has 3 nitrogen and oxygen atoms in total. The van der Waals surface area contributed by atoms with Gasteiger partial charge in [-0.2, -0.15) is 0 Å². The van der Waals surface area contributed by atoms with Gasteiger partial charge in [0.2, 0.25) is 0 Å². The fourth-order valence-corrected chi connectivity index (χ4v) is 16.7. The van der Waals surface area contributed by atoms with Gasteiger partial charge in [-0.1, -0.05) is 218 Å². The Bertz CT molecular complexity index is 4130. The molecule has 0 aliphatic heterocycles. The molecule has 14 rings (SSSR count). The molecule has 0 bridgehead atoms. The van der Waals surface area contributed by atoms with Gasteiger partial charge in [-0.3, -0.25) is 0 Å². The molecule has 0 unspecified atom stereocenters. The van der Waals surface area contributed by atoms with Gasteiger partial charge in [-0.15, -0.1) is 0 Å². The maximum atomic E-state index is 2.52. The normalized spacial score (nSPS) is 12.0. The molecule has 11 aromatic carbocycles. The fraction of sp³-hybridized carbons (Fsp3) is 0. The van der Waals surface area contributed by atoms with Crippen LogP contribution in [0.2, 0.25) is 0 Å². The van der Waals surface area contributed by atoms with Gasteiger partial charge in [0.15, 0.2) is 8.07 Å². The molecule has 328 valence electrons. The quantitative estimate of drug-likeness (QED) is 0.107. The summed E-state index contributed by atoms with van der Waals surface area (Å²) in [5.74, 6) is 0. The summed E-state index contributed by atoms with van der Waals surface area (Å²) in [6.45, 7) is 0. The number of rotatable bonds is 8. The van der Waals surface area contributed by atoms with Gasteiger partial charge >= 0.3 is 0 Å². The SMILES string of the molecule is c1ccc([Si](c2ccccc2)(c2ccccc2)c2ccc(-n3c4ccccc4c4ccc5c(c6ccccc6n5-c5ccccc5-c5ccccc5-n5c6ccccc6c6ccccc65)c43)cc2)cc1. The first-order valence-corrected chi connectivity index (χ1v) is 26.2. The van der Waals surface area contributed by atoms with Gasteiger partial charge in [0, 0.05) is 49.1 Å². The van der Waals surface area contributed by atoms with Gasteiger partial charge in [-0.25, -0.2) is 0 Å². The van der Waals surface area contributed by atoms with Gasteiger partial charge in [0.25, 0.3) is 0 Å². The highest BCUT2D eigenvalue weighted by Crippen LogP contribution is 2.44. The second kappa shape index (κ2) is 16.1. The van der Waals surface area contributed by atoms with Crippen LogP contribution in [0.3, 0.4) is 0 Å². The lowest BCUT2D eigenvalue weighted by Crippen LogP contribution is -2.74. The molecule has 0 radical (unpaired) electrons. The largest absolute Gasteiger partial charge is 0.309 e. The Morgan fingerprint density at radius 1 is 0.229 bits per heavy atom. The number of aromatic nitrogens is 3. The molecule has 0 atom stereocenters. The number of nitrogens with zero attached hydrogens (tertiary/aromatic N) is 3. The lowest BCUT2D eigenvalue weighted by molar-refractivity contribution is 1.16. The van der Waals surface area contributed by atoms with Crippen molar-refractivity contribution >= 4 is 94.2 Å². The van der Waals surface area contributed by atoms with Crippen LogP contribution in [-0.2, 0) is 0 Å². The number of hydrogen-bond donors (Lipinski definition) is 0. The Labute approximate surface area is 407 Å². The molecule has 0 spiro atoms. The van der Waals surface area contributed by atoms with Crippen LogP contribution in [0.5, 0.6) is 0 Å². The highest BCUT2D eigenvalue weighted by atomic mass is 28.3. The molecule has 14 aromatic rings. The van der Waals surface area contributed by atoms with Gasteiger partial charge in [0.05, 0.1) is 44.5 Å². The number of hydrogen-bond acceptors (Lipinski definition) is 0. The van der Waals surface area contributed by atoms with Crippen LogP contribution in [0.25, 0.3) is 93.6 Å². The van der Waals surface area contributed by atoms with E-state index in [-0.39, 0.29) is 0 Å². The topological polar surface area (TPSA) is 14.8 Å². The summed E-state index contributed by atoms with van der Waals surface area (Å²) in [6, 6.07) is 101. The highest BCUT2D eigenvalue weighted by Gasteiger charge is 2.41. The summed E-state index contributed by atoms with van der Waals surface area (Å²) in [7, 11) is -2.73. The summed E-state index contributed by atoms with van der Waals surface area (Å²) in [4.78, 5) is 0. The van der Waals surface area contributed by atoms with E-state index in [9.17, 15) is 0 Å². The lowest BCUT2D eigenvalue weighted by atomic mass is 10.0. The predicted molar refractivity (Wildman–Crippen MR) is 299 cm³/mol. The predicted octanol–water partition coefficient (Wildman–Crippen LogP) is 14.0. The van der Waals surface area contributed by atoms with Crippen molar-refractivity contribution in [3.05, 3.63) is 273 Å². The van der Waals surface area contributed by atoms with Gasteiger partial charge in [-0.05, 0) is 75.3 Å². The minimum Gasteiger partial charge on any atom is -0.309 e. The van der Waals surface area contributed by atoms with Gasteiger partial charge in [0.1, 0.15) is 0 Å². The second-order valence-electron chi connectivity index (χ2n) is 18.4. The minimum atomic E-state index is -2.73. The number of para-hydroxylation sites is 6. The molecule has 0 saturated heterocycles. The van der Waals surface area contributed by atoms with Crippen molar-refractivity contribution in [2.45, 2.75) is 0 Å². The molecule has 0 saturated carbocycles. The molecular weight excluding hydrogens is 863 g/mol. The first-order valence-electron chi connectivity index (χ1n) is 24.2. The molecule has 0 aliphatic carbocycles. The summed E-state index contributed by atoms with van der Waals surface area (Å²) in [5.41, 5.74) is 12.9. The summed E-state index contributed by atoms with van der Waals surface area (Å²) in [6.07, 6.45) is 0. The highest BCUT2D eigenvalue weighted by molar-refractivity contribution is 7.19. The lowest BCUT2D eigenvalue weighted by Gasteiger charge is -2.34. The van der Waals surface area contributed by atoms with Crippen LogP contribution in [0.15, 0.2) is 273 Å². The Kier molecular flexibility index (Phi) is 9.23. The molecular formula is C66H45N3Si. The second-order valence-corrected chi connectivity index (χ2v) is 22.2. The first kappa shape index (κ1) is 40.1. The van der Waals surface area contributed by atoms with Crippen molar-refractivity contribution < 1.29 is 0 Å². The Hall–Kier alpha value is -8.96. The van der Waals surface area contributed by atoms with E-state index in [0.717, 1.165) is 17.1 Å². The van der Waals surface area contributed by atoms with Crippen LogP contribution >= 0.6 is 0 Å². The van der Waals surface area contributed by atoms with Crippen molar-refractivity contribution in [1.29, 1.82) is 0 Å². The van der Waals surface area contributed by atoms with E-state index in [1.54, 1.807) is 0 Å². The van der Waals surface area contributed by atoms with Gasteiger partial charge < -0.3 is 13.7 Å². The molecule has 3 heterocycles. The average molecular weight is 908 g/mol. The van der Waals surface area contributed by atoms with Crippen LogP contribution in [0, 0.1) is 0 Å². The monoisotopic (exact) mass is 907 g/mol. The summed E-state index contributed by atoms with van der Waals surface area (Å²) in [5, 5.41) is 12.9. The maximum absolute atomic E-state index is 2.73. The molecule has 4 heteroatoms. The maximum Gasteiger partial charge on any atom is 0.179 e. The average Bonchev–Trinajstić information content (AvgIpc) is 4.08. The fourth-order valence-electron chi connectivity index (χ4n) is 11.9. The summed E-state index contributed by atoms with van der Waals surface area (Å²) < 4.78 is 7.47. The third kappa shape index (κ3) is 5.87. The number of fused-ring (bicyclic) bond motifs is 10. The van der Waals surface area contributed by atoms with Crippen LogP contribution < -0.4 is 20.7 Å². The van der Waals surface area contributed by atoms with Crippen molar-refractivity contribution in [1.82, 2.24) is 13.7 Å². The van der Waals surface area contributed by atoms with Crippen LogP contribution in [-0.4, -0.2) is 21.8 Å². The van der Waals surface area contributed by atoms with E-state index in [1.165, 1.54) is 97.3 Å². The van der Waals surface area contributed by atoms with Crippen molar-refractivity contribution in [3.63, 3.8) is 0 Å². The zero-order valence-corrected chi connectivity index (χ0v) is 39.3. The van der Waals surface area contributed by atoms with Crippen molar-refractivity contribution in [2.75, 3.05) is 0 Å². The van der Waals surface area contributed by atoms with E-state index in [4.69, 9.17) is 0 Å².